The van der Waals surface area contributed by atoms with E-state index in [9.17, 15) is 8.42 Å². The molecule has 1 aliphatic heterocycles. The Balaban J connectivity index is 1.72. The maximum atomic E-state index is 12.9. The summed E-state index contributed by atoms with van der Waals surface area (Å²) in [5, 5.41) is 6.79. The highest BCUT2D eigenvalue weighted by Gasteiger charge is 2.32. The number of rotatable bonds is 4. The molecule has 0 radical (unpaired) electrons. The molecular weight excluding hydrogens is 336 g/mol. The third-order valence-corrected chi connectivity index (χ3v) is 6.86. The number of hydrogen-bond donors (Lipinski definition) is 0. The Bertz CT molecular complexity index is 736. The van der Waals surface area contributed by atoms with E-state index in [1.165, 1.54) is 0 Å². The maximum Gasteiger partial charge on any atom is 0.248 e. The van der Waals surface area contributed by atoms with E-state index < -0.39 is 10.0 Å². The van der Waals surface area contributed by atoms with Crippen LogP contribution in [0.15, 0.2) is 21.0 Å². The van der Waals surface area contributed by atoms with Crippen molar-refractivity contribution in [2.24, 2.45) is 0 Å². The van der Waals surface area contributed by atoms with Gasteiger partial charge in [0.05, 0.1) is 6.54 Å². The van der Waals surface area contributed by atoms with E-state index >= 15 is 0 Å². The van der Waals surface area contributed by atoms with Crippen molar-refractivity contribution in [2.75, 3.05) is 26.2 Å². The van der Waals surface area contributed by atoms with Crippen molar-refractivity contribution in [2.45, 2.75) is 31.7 Å². The summed E-state index contributed by atoms with van der Waals surface area (Å²) in [7, 11) is -3.55. The molecule has 0 saturated carbocycles. The van der Waals surface area contributed by atoms with Crippen molar-refractivity contribution in [3.63, 3.8) is 0 Å². The van der Waals surface area contributed by atoms with Crippen molar-refractivity contribution < 1.29 is 12.9 Å². The highest BCUT2D eigenvalue weighted by Crippen LogP contribution is 2.24. The zero-order valence-corrected chi connectivity index (χ0v) is 14.9. The molecule has 9 heteroatoms. The fourth-order valence-corrected chi connectivity index (χ4v) is 5.26. The first-order valence-corrected chi connectivity index (χ1v) is 9.84. The number of aryl methyl sites for hydroxylation is 2. The van der Waals surface area contributed by atoms with Gasteiger partial charge in [0.1, 0.15) is 15.6 Å². The van der Waals surface area contributed by atoms with Gasteiger partial charge in [-0.3, -0.25) is 4.90 Å². The summed E-state index contributed by atoms with van der Waals surface area (Å²) < 4.78 is 32.3. The Hall–Kier alpha value is -1.29. The zero-order chi connectivity index (χ0) is 16.4. The predicted octanol–water partition coefficient (Wildman–Crippen LogP) is 1.64. The number of aromatic nitrogens is 2. The Morgan fingerprint density at radius 1 is 1.26 bits per heavy atom. The van der Waals surface area contributed by atoms with Gasteiger partial charge in [0.15, 0.2) is 5.76 Å². The van der Waals surface area contributed by atoms with Gasteiger partial charge in [0, 0.05) is 31.2 Å². The minimum absolute atomic E-state index is 0.214. The molecule has 0 atom stereocenters. The molecule has 0 amide bonds. The lowest BCUT2D eigenvalue weighted by Gasteiger charge is -2.21. The topological polar surface area (TPSA) is 79.5 Å². The summed E-state index contributed by atoms with van der Waals surface area (Å²) >= 11 is 1.63. The first-order valence-electron chi connectivity index (χ1n) is 7.52. The van der Waals surface area contributed by atoms with Crippen LogP contribution in [0.5, 0.6) is 0 Å². The minimum atomic E-state index is -3.55. The van der Waals surface area contributed by atoms with Gasteiger partial charge in [0.25, 0.3) is 0 Å². The van der Waals surface area contributed by atoms with Crippen molar-refractivity contribution >= 4 is 21.4 Å². The highest BCUT2D eigenvalue weighted by molar-refractivity contribution is 7.89. The smallest absolute Gasteiger partial charge is 0.248 e. The van der Waals surface area contributed by atoms with E-state index in [1.807, 2.05) is 5.38 Å². The summed E-state index contributed by atoms with van der Waals surface area (Å²) in [5.74, 6) is 0.353. The molecular formula is C14H20N4O3S2. The van der Waals surface area contributed by atoms with Crippen LogP contribution in [0.3, 0.4) is 0 Å². The second kappa shape index (κ2) is 6.68. The molecule has 2 aromatic heterocycles. The van der Waals surface area contributed by atoms with Gasteiger partial charge in [-0.1, -0.05) is 5.16 Å². The van der Waals surface area contributed by atoms with E-state index in [0.29, 0.717) is 31.1 Å². The van der Waals surface area contributed by atoms with Crippen LogP contribution >= 0.6 is 11.3 Å². The van der Waals surface area contributed by atoms with Crippen molar-refractivity contribution in [3.05, 3.63) is 28.0 Å². The molecule has 3 rings (SSSR count). The summed E-state index contributed by atoms with van der Waals surface area (Å²) in [5.41, 5.74) is 0.423. The van der Waals surface area contributed by atoms with E-state index in [4.69, 9.17) is 4.52 Å². The van der Waals surface area contributed by atoms with Crippen LogP contribution in [0, 0.1) is 13.8 Å². The van der Waals surface area contributed by atoms with Crippen LogP contribution in [0.2, 0.25) is 0 Å². The SMILES string of the molecule is Cc1noc(C)c1S(=O)(=O)N1CCCN(Cc2nccs2)CC1. The van der Waals surface area contributed by atoms with Crippen LogP contribution in [0.4, 0.5) is 0 Å². The fraction of sp³-hybridized carbons (Fsp3) is 0.571. The van der Waals surface area contributed by atoms with Crippen LogP contribution in [0.25, 0.3) is 0 Å². The molecule has 0 N–H and O–H groups in total. The van der Waals surface area contributed by atoms with Gasteiger partial charge in [-0.25, -0.2) is 13.4 Å². The minimum Gasteiger partial charge on any atom is -0.360 e. The zero-order valence-electron chi connectivity index (χ0n) is 13.2. The Labute approximate surface area is 140 Å². The van der Waals surface area contributed by atoms with Crippen molar-refractivity contribution in [1.29, 1.82) is 0 Å². The Morgan fingerprint density at radius 2 is 2.09 bits per heavy atom. The molecule has 0 aliphatic carbocycles. The second-order valence-electron chi connectivity index (χ2n) is 5.61. The van der Waals surface area contributed by atoms with Crippen molar-refractivity contribution in [3.8, 4) is 0 Å². The van der Waals surface area contributed by atoms with Gasteiger partial charge in [0.2, 0.25) is 10.0 Å². The van der Waals surface area contributed by atoms with E-state index in [2.05, 4.69) is 15.0 Å². The molecule has 0 unspecified atom stereocenters. The molecule has 0 aromatic carbocycles. The summed E-state index contributed by atoms with van der Waals surface area (Å²) in [6, 6.07) is 0. The third kappa shape index (κ3) is 3.47. The molecule has 23 heavy (non-hydrogen) atoms. The average molecular weight is 356 g/mol. The molecule has 0 spiro atoms. The summed E-state index contributed by atoms with van der Waals surface area (Å²) in [6.45, 7) is 6.63. The average Bonchev–Trinajstić information content (AvgIpc) is 3.04. The van der Waals surface area contributed by atoms with E-state index in [-0.39, 0.29) is 4.90 Å². The Kier molecular flexibility index (Phi) is 4.81. The van der Waals surface area contributed by atoms with Crippen LogP contribution in [-0.2, 0) is 16.6 Å². The van der Waals surface area contributed by atoms with Gasteiger partial charge in [-0.15, -0.1) is 11.3 Å². The van der Waals surface area contributed by atoms with Gasteiger partial charge in [-0.05, 0) is 26.8 Å². The fourth-order valence-electron chi connectivity index (χ4n) is 2.84. The molecule has 126 valence electrons. The van der Waals surface area contributed by atoms with Gasteiger partial charge in [-0.2, -0.15) is 4.31 Å². The highest BCUT2D eigenvalue weighted by atomic mass is 32.2. The standard InChI is InChI=1S/C14H20N4O3S2/c1-11-14(12(2)21-16-11)23(19,20)18-6-3-5-17(7-8-18)10-13-15-4-9-22-13/h4,9H,3,5-8,10H2,1-2H3. The molecule has 1 aliphatic rings. The largest absolute Gasteiger partial charge is 0.360 e. The van der Waals surface area contributed by atoms with Crippen LogP contribution < -0.4 is 0 Å². The summed E-state index contributed by atoms with van der Waals surface area (Å²) in [6.07, 6.45) is 2.60. The molecule has 2 aromatic rings. The third-order valence-electron chi connectivity index (χ3n) is 3.96. The molecule has 1 fully saturated rings. The van der Waals surface area contributed by atoms with Crippen LogP contribution in [0.1, 0.15) is 22.9 Å². The molecule has 3 heterocycles. The normalized spacial score (nSPS) is 18.2. The number of thiazole rings is 1. The van der Waals surface area contributed by atoms with E-state index in [1.54, 1.807) is 35.7 Å². The lowest BCUT2D eigenvalue weighted by Crippen LogP contribution is -2.35. The monoisotopic (exact) mass is 356 g/mol. The van der Waals surface area contributed by atoms with Crippen LogP contribution in [-0.4, -0.2) is 53.9 Å². The predicted molar refractivity (Wildman–Crippen MR) is 86.7 cm³/mol. The number of nitrogens with zero attached hydrogens (tertiary/aromatic N) is 4. The van der Waals surface area contributed by atoms with Gasteiger partial charge < -0.3 is 4.52 Å². The quantitative estimate of drug-likeness (QED) is 0.829. The molecule has 7 nitrogen and oxygen atoms in total. The number of hydrogen-bond acceptors (Lipinski definition) is 7. The van der Waals surface area contributed by atoms with E-state index in [0.717, 1.165) is 24.5 Å². The van der Waals surface area contributed by atoms with Gasteiger partial charge >= 0.3 is 0 Å². The molecule has 1 saturated heterocycles. The first-order chi connectivity index (χ1) is 11.0. The molecule has 0 bridgehead atoms. The number of sulfonamides is 1. The van der Waals surface area contributed by atoms with Crippen molar-refractivity contribution in [1.82, 2.24) is 19.3 Å². The maximum absolute atomic E-state index is 12.9. The second-order valence-corrected chi connectivity index (χ2v) is 8.47. The summed E-state index contributed by atoms with van der Waals surface area (Å²) in [4.78, 5) is 6.76. The lowest BCUT2D eigenvalue weighted by atomic mass is 10.4. The first kappa shape index (κ1) is 16.6. The lowest BCUT2D eigenvalue weighted by molar-refractivity contribution is 0.278. The Morgan fingerprint density at radius 3 is 2.74 bits per heavy atom.